The summed E-state index contributed by atoms with van der Waals surface area (Å²) in [6, 6.07) is 7.90. The van der Waals surface area contributed by atoms with Gasteiger partial charge in [0.25, 0.3) is 0 Å². The molecule has 0 fully saturated rings. The number of rotatable bonds is 5. The van der Waals surface area contributed by atoms with Crippen LogP contribution in [-0.4, -0.2) is 19.4 Å². The van der Waals surface area contributed by atoms with Crippen molar-refractivity contribution in [2.45, 2.75) is 20.3 Å². The highest BCUT2D eigenvalue weighted by Crippen LogP contribution is 2.10. The molecule has 1 unspecified atom stereocenters. The van der Waals surface area contributed by atoms with Gasteiger partial charge in [0, 0.05) is 18.0 Å². The van der Waals surface area contributed by atoms with Crippen molar-refractivity contribution < 1.29 is 4.79 Å². The van der Waals surface area contributed by atoms with Gasteiger partial charge in [-0.2, -0.15) is 0 Å². The Morgan fingerprint density at radius 3 is 2.40 bits per heavy atom. The third kappa shape index (κ3) is 3.17. The van der Waals surface area contributed by atoms with Gasteiger partial charge in [0.05, 0.1) is 0 Å². The molecule has 15 heavy (non-hydrogen) atoms. The monoisotopic (exact) mass is 205 g/mol. The lowest BCUT2D eigenvalue weighted by Gasteiger charge is -2.09. The predicted molar refractivity (Wildman–Crippen MR) is 63.2 cm³/mol. The Labute approximate surface area is 91.7 Å². The number of aryl methyl sites for hydroxylation is 1. The minimum atomic E-state index is 0.0440. The van der Waals surface area contributed by atoms with Crippen molar-refractivity contribution in [2.24, 2.45) is 5.92 Å². The van der Waals surface area contributed by atoms with Crippen molar-refractivity contribution in [2.75, 3.05) is 13.6 Å². The molecule has 0 amide bonds. The highest BCUT2D eigenvalue weighted by molar-refractivity contribution is 5.97. The van der Waals surface area contributed by atoms with Gasteiger partial charge in [0.15, 0.2) is 5.78 Å². The van der Waals surface area contributed by atoms with Gasteiger partial charge in [-0.3, -0.25) is 4.79 Å². The number of nitrogens with one attached hydrogen (secondary N) is 1. The van der Waals surface area contributed by atoms with Crippen LogP contribution in [0.2, 0.25) is 0 Å². The molecule has 1 rings (SSSR count). The predicted octanol–water partition coefficient (Wildman–Crippen LogP) is 2.29. The zero-order chi connectivity index (χ0) is 11.3. The number of carbonyl (C=O) groups is 1. The van der Waals surface area contributed by atoms with Crippen molar-refractivity contribution in [1.29, 1.82) is 0 Å². The van der Waals surface area contributed by atoms with E-state index in [0.29, 0.717) is 0 Å². The Bertz CT molecular complexity index is 316. The SMILES string of the molecule is CCc1ccc(C(=O)C(C)CNC)cc1. The standard InChI is InChI=1S/C13H19NO/c1-4-11-5-7-12(8-6-11)13(15)10(2)9-14-3/h5-8,10,14H,4,9H2,1-3H3. The lowest BCUT2D eigenvalue weighted by molar-refractivity contribution is 0.0930. The fourth-order valence-electron chi connectivity index (χ4n) is 1.59. The molecule has 1 atom stereocenters. The van der Waals surface area contributed by atoms with Crippen molar-refractivity contribution in [1.82, 2.24) is 5.32 Å². The van der Waals surface area contributed by atoms with Gasteiger partial charge in [-0.15, -0.1) is 0 Å². The van der Waals surface area contributed by atoms with E-state index < -0.39 is 0 Å². The van der Waals surface area contributed by atoms with E-state index >= 15 is 0 Å². The summed E-state index contributed by atoms with van der Waals surface area (Å²) in [7, 11) is 1.87. The van der Waals surface area contributed by atoms with Crippen LogP contribution in [0.4, 0.5) is 0 Å². The number of Topliss-reactive ketones (excluding diaryl/α,β-unsaturated/α-hetero) is 1. The Kier molecular flexibility index (Phi) is 4.50. The van der Waals surface area contributed by atoms with E-state index in [-0.39, 0.29) is 11.7 Å². The molecule has 2 nitrogen and oxygen atoms in total. The summed E-state index contributed by atoms with van der Waals surface area (Å²) in [5.74, 6) is 0.259. The van der Waals surface area contributed by atoms with Crippen LogP contribution in [-0.2, 0) is 6.42 Å². The summed E-state index contributed by atoms with van der Waals surface area (Å²) in [6.07, 6.45) is 1.01. The topological polar surface area (TPSA) is 29.1 Å². The van der Waals surface area contributed by atoms with Gasteiger partial charge in [0.2, 0.25) is 0 Å². The maximum atomic E-state index is 11.9. The lowest BCUT2D eigenvalue weighted by atomic mass is 9.98. The molecule has 1 aromatic carbocycles. The molecular weight excluding hydrogens is 186 g/mol. The second-order valence-corrected chi connectivity index (χ2v) is 3.87. The smallest absolute Gasteiger partial charge is 0.166 e. The van der Waals surface area contributed by atoms with E-state index in [2.05, 4.69) is 12.2 Å². The van der Waals surface area contributed by atoms with Crippen LogP contribution < -0.4 is 5.32 Å². The first-order valence-electron chi connectivity index (χ1n) is 5.46. The van der Waals surface area contributed by atoms with Crippen LogP contribution >= 0.6 is 0 Å². The van der Waals surface area contributed by atoms with Gasteiger partial charge in [0.1, 0.15) is 0 Å². The number of hydrogen-bond acceptors (Lipinski definition) is 2. The van der Waals surface area contributed by atoms with E-state index in [1.807, 2.05) is 38.2 Å². The zero-order valence-electron chi connectivity index (χ0n) is 9.71. The molecule has 0 aliphatic carbocycles. The Balaban J connectivity index is 2.73. The van der Waals surface area contributed by atoms with E-state index in [1.165, 1.54) is 5.56 Å². The second-order valence-electron chi connectivity index (χ2n) is 3.87. The maximum Gasteiger partial charge on any atom is 0.166 e. The summed E-state index contributed by atoms with van der Waals surface area (Å²) < 4.78 is 0. The molecule has 1 N–H and O–H groups in total. The molecule has 0 saturated carbocycles. The lowest BCUT2D eigenvalue weighted by Crippen LogP contribution is -2.23. The van der Waals surface area contributed by atoms with Crippen LogP contribution in [0.3, 0.4) is 0 Å². The number of hydrogen-bond donors (Lipinski definition) is 1. The van der Waals surface area contributed by atoms with Crippen molar-refractivity contribution >= 4 is 5.78 Å². The molecule has 0 aliphatic heterocycles. The highest BCUT2D eigenvalue weighted by atomic mass is 16.1. The van der Waals surface area contributed by atoms with Gasteiger partial charge < -0.3 is 5.32 Å². The first-order valence-corrected chi connectivity index (χ1v) is 5.46. The fourth-order valence-corrected chi connectivity index (χ4v) is 1.59. The number of carbonyl (C=O) groups excluding carboxylic acids is 1. The molecule has 2 heteroatoms. The van der Waals surface area contributed by atoms with Crippen LogP contribution in [0.1, 0.15) is 29.8 Å². The average molecular weight is 205 g/mol. The van der Waals surface area contributed by atoms with Crippen LogP contribution in [0.5, 0.6) is 0 Å². The quantitative estimate of drug-likeness (QED) is 0.747. The summed E-state index contributed by atoms with van der Waals surface area (Å²) in [5.41, 5.74) is 2.09. The van der Waals surface area contributed by atoms with Gasteiger partial charge in [-0.1, -0.05) is 38.1 Å². The van der Waals surface area contributed by atoms with Gasteiger partial charge in [-0.25, -0.2) is 0 Å². The average Bonchev–Trinajstić information content (AvgIpc) is 2.28. The first kappa shape index (κ1) is 11.9. The van der Waals surface area contributed by atoms with Crippen molar-refractivity contribution in [3.8, 4) is 0 Å². The largest absolute Gasteiger partial charge is 0.319 e. The van der Waals surface area contributed by atoms with Crippen LogP contribution in [0, 0.1) is 5.92 Å². The minimum Gasteiger partial charge on any atom is -0.319 e. The van der Waals surface area contributed by atoms with Crippen LogP contribution in [0.25, 0.3) is 0 Å². The summed E-state index contributed by atoms with van der Waals surface area (Å²) >= 11 is 0. The summed E-state index contributed by atoms with van der Waals surface area (Å²) in [4.78, 5) is 11.9. The third-order valence-corrected chi connectivity index (χ3v) is 2.60. The van der Waals surface area contributed by atoms with E-state index in [4.69, 9.17) is 0 Å². The molecule has 0 saturated heterocycles. The molecule has 0 aromatic heterocycles. The highest BCUT2D eigenvalue weighted by Gasteiger charge is 2.13. The van der Waals surface area contributed by atoms with Crippen molar-refractivity contribution in [3.63, 3.8) is 0 Å². The molecule has 82 valence electrons. The molecule has 0 bridgehead atoms. The van der Waals surface area contributed by atoms with Crippen LogP contribution in [0.15, 0.2) is 24.3 Å². The number of ketones is 1. The van der Waals surface area contributed by atoms with E-state index in [9.17, 15) is 4.79 Å². The Morgan fingerprint density at radius 2 is 1.93 bits per heavy atom. The van der Waals surface area contributed by atoms with E-state index in [1.54, 1.807) is 0 Å². The maximum absolute atomic E-state index is 11.9. The summed E-state index contributed by atoms with van der Waals surface area (Å²) in [5, 5.41) is 3.02. The molecule has 0 spiro atoms. The fraction of sp³-hybridized carbons (Fsp3) is 0.462. The Hall–Kier alpha value is -1.15. The molecular formula is C13H19NO. The third-order valence-electron chi connectivity index (χ3n) is 2.60. The minimum absolute atomic E-state index is 0.0440. The number of benzene rings is 1. The normalized spacial score (nSPS) is 12.5. The Morgan fingerprint density at radius 1 is 1.33 bits per heavy atom. The summed E-state index contributed by atoms with van der Waals surface area (Å²) in [6.45, 7) is 4.79. The van der Waals surface area contributed by atoms with Crippen molar-refractivity contribution in [3.05, 3.63) is 35.4 Å². The molecule has 0 radical (unpaired) electrons. The molecule has 1 aromatic rings. The first-order chi connectivity index (χ1) is 7.19. The van der Waals surface area contributed by atoms with Gasteiger partial charge >= 0.3 is 0 Å². The molecule has 0 heterocycles. The molecule has 0 aliphatic rings. The van der Waals surface area contributed by atoms with Gasteiger partial charge in [-0.05, 0) is 19.0 Å². The van der Waals surface area contributed by atoms with E-state index in [0.717, 1.165) is 18.5 Å². The second kappa shape index (κ2) is 5.66. The zero-order valence-corrected chi connectivity index (χ0v) is 9.71.